The van der Waals surface area contributed by atoms with E-state index in [1.165, 1.54) is 0 Å². The highest BCUT2D eigenvalue weighted by Crippen LogP contribution is 2.21. The van der Waals surface area contributed by atoms with Gasteiger partial charge in [0.15, 0.2) is 0 Å². The second-order valence-corrected chi connectivity index (χ2v) is 3.57. The van der Waals surface area contributed by atoms with Crippen molar-refractivity contribution in [3.05, 3.63) is 29.8 Å². The fourth-order valence-electron chi connectivity index (χ4n) is 1.31. The van der Waals surface area contributed by atoms with Gasteiger partial charge in [-0.3, -0.25) is 0 Å². The van der Waals surface area contributed by atoms with Crippen LogP contribution in [0.25, 0.3) is 0 Å². The Morgan fingerprint density at radius 1 is 1.43 bits per heavy atom. The number of hydrogen-bond donors (Lipinski definition) is 1. The Morgan fingerprint density at radius 2 is 2.07 bits per heavy atom. The number of para-hydroxylation sites is 1. The minimum Gasteiger partial charge on any atom is -0.449 e. The Morgan fingerprint density at radius 3 is 2.64 bits per heavy atom. The molecular weight excluding hydrogens is 180 g/mol. The molecule has 0 radical (unpaired) electrons. The molecule has 0 heterocycles. The first-order chi connectivity index (χ1) is 6.59. The van der Waals surface area contributed by atoms with Gasteiger partial charge in [0, 0.05) is 0 Å². The van der Waals surface area contributed by atoms with Crippen molar-refractivity contribution in [2.45, 2.75) is 20.3 Å². The summed E-state index contributed by atoms with van der Waals surface area (Å²) in [7, 11) is 0. The summed E-state index contributed by atoms with van der Waals surface area (Å²) < 4.78 is 4.66. The van der Waals surface area contributed by atoms with Crippen LogP contribution in [-0.2, 0) is 6.42 Å². The Kier molecular flexibility index (Phi) is 3.51. The highest BCUT2D eigenvalue weighted by atomic mass is 16.7. The molecule has 14 heavy (non-hydrogen) atoms. The lowest BCUT2D eigenvalue weighted by Crippen LogP contribution is -2.06. The number of carbonyl (C=O) groups is 1. The molecule has 1 aromatic rings. The van der Waals surface area contributed by atoms with Crippen molar-refractivity contribution in [1.29, 1.82) is 0 Å². The van der Waals surface area contributed by atoms with E-state index in [-0.39, 0.29) is 0 Å². The first kappa shape index (κ1) is 10.6. The van der Waals surface area contributed by atoms with Crippen LogP contribution in [0.2, 0.25) is 0 Å². The van der Waals surface area contributed by atoms with Gasteiger partial charge in [0.1, 0.15) is 5.75 Å². The monoisotopic (exact) mass is 194 g/mol. The smallest absolute Gasteiger partial charge is 0.449 e. The van der Waals surface area contributed by atoms with E-state index in [9.17, 15) is 4.79 Å². The lowest BCUT2D eigenvalue weighted by atomic mass is 10.0. The SMILES string of the molecule is CC(C)Cc1ccccc1OC(=O)O. The van der Waals surface area contributed by atoms with Gasteiger partial charge in [-0.25, -0.2) is 4.79 Å². The van der Waals surface area contributed by atoms with E-state index in [1.807, 2.05) is 12.1 Å². The molecule has 0 unspecified atom stereocenters. The van der Waals surface area contributed by atoms with Gasteiger partial charge in [-0.1, -0.05) is 32.0 Å². The van der Waals surface area contributed by atoms with Crippen LogP contribution in [0.5, 0.6) is 5.75 Å². The summed E-state index contributed by atoms with van der Waals surface area (Å²) in [5.41, 5.74) is 0.935. The summed E-state index contributed by atoms with van der Waals surface area (Å²) >= 11 is 0. The maximum absolute atomic E-state index is 10.4. The average molecular weight is 194 g/mol. The van der Waals surface area contributed by atoms with Gasteiger partial charge >= 0.3 is 6.16 Å². The van der Waals surface area contributed by atoms with E-state index in [4.69, 9.17) is 5.11 Å². The zero-order chi connectivity index (χ0) is 10.6. The quantitative estimate of drug-likeness (QED) is 0.594. The third-order valence-corrected chi connectivity index (χ3v) is 1.80. The van der Waals surface area contributed by atoms with E-state index in [1.54, 1.807) is 12.1 Å². The van der Waals surface area contributed by atoms with Crippen LogP contribution >= 0.6 is 0 Å². The maximum Gasteiger partial charge on any atom is 0.511 e. The minimum atomic E-state index is -1.26. The first-order valence-electron chi connectivity index (χ1n) is 4.58. The Balaban J connectivity index is 2.85. The molecule has 0 spiro atoms. The molecular formula is C11H14O3. The fraction of sp³-hybridized carbons (Fsp3) is 0.364. The van der Waals surface area contributed by atoms with Crippen molar-refractivity contribution in [2.24, 2.45) is 5.92 Å². The molecule has 0 aromatic heterocycles. The summed E-state index contributed by atoms with van der Waals surface area (Å²) in [6, 6.07) is 7.21. The van der Waals surface area contributed by atoms with Crippen LogP contribution in [-0.4, -0.2) is 11.3 Å². The number of benzene rings is 1. The van der Waals surface area contributed by atoms with Gasteiger partial charge in [0.2, 0.25) is 0 Å². The topological polar surface area (TPSA) is 46.5 Å². The fourth-order valence-corrected chi connectivity index (χ4v) is 1.31. The minimum absolute atomic E-state index is 0.439. The predicted octanol–water partition coefficient (Wildman–Crippen LogP) is 2.94. The summed E-state index contributed by atoms with van der Waals surface area (Å²) in [5.74, 6) is 0.919. The molecule has 0 aliphatic heterocycles. The highest BCUT2D eigenvalue weighted by Gasteiger charge is 2.07. The molecule has 1 aromatic carbocycles. The van der Waals surface area contributed by atoms with Gasteiger partial charge < -0.3 is 9.84 Å². The number of hydrogen-bond acceptors (Lipinski definition) is 2. The molecule has 0 saturated carbocycles. The average Bonchev–Trinajstić information content (AvgIpc) is 2.06. The third-order valence-electron chi connectivity index (χ3n) is 1.80. The van der Waals surface area contributed by atoms with Crippen molar-refractivity contribution >= 4 is 6.16 Å². The second kappa shape index (κ2) is 4.65. The Labute approximate surface area is 83.3 Å². The molecule has 3 nitrogen and oxygen atoms in total. The molecule has 0 fully saturated rings. The molecule has 0 aliphatic carbocycles. The van der Waals surface area contributed by atoms with E-state index in [2.05, 4.69) is 18.6 Å². The van der Waals surface area contributed by atoms with Crippen LogP contribution in [0.1, 0.15) is 19.4 Å². The number of carboxylic acid groups (broad SMARTS) is 1. The molecule has 1 N–H and O–H groups in total. The van der Waals surface area contributed by atoms with Crippen LogP contribution in [0.4, 0.5) is 4.79 Å². The summed E-state index contributed by atoms with van der Waals surface area (Å²) in [6.07, 6.45) is -0.440. The first-order valence-corrected chi connectivity index (χ1v) is 4.58. The lowest BCUT2D eigenvalue weighted by Gasteiger charge is -2.09. The van der Waals surface area contributed by atoms with Crippen LogP contribution < -0.4 is 4.74 Å². The molecule has 0 amide bonds. The number of rotatable bonds is 3. The molecule has 1 rings (SSSR count). The summed E-state index contributed by atoms with van der Waals surface area (Å²) in [5, 5.41) is 8.50. The second-order valence-electron chi connectivity index (χ2n) is 3.57. The number of ether oxygens (including phenoxy) is 1. The normalized spacial score (nSPS) is 10.2. The van der Waals surface area contributed by atoms with Crippen LogP contribution in [0, 0.1) is 5.92 Å². The van der Waals surface area contributed by atoms with E-state index < -0.39 is 6.16 Å². The lowest BCUT2D eigenvalue weighted by molar-refractivity contribution is 0.144. The zero-order valence-electron chi connectivity index (χ0n) is 8.36. The molecule has 3 heteroatoms. The standard InChI is InChI=1S/C11H14O3/c1-8(2)7-9-5-3-4-6-10(9)14-11(12)13/h3-6,8H,7H2,1-2H3,(H,12,13). The van der Waals surface area contributed by atoms with Gasteiger partial charge in [0.25, 0.3) is 0 Å². The molecule has 0 aliphatic rings. The summed E-state index contributed by atoms with van der Waals surface area (Å²) in [4.78, 5) is 10.4. The Bertz CT molecular complexity index is 318. The van der Waals surface area contributed by atoms with Gasteiger partial charge in [-0.15, -0.1) is 0 Å². The maximum atomic E-state index is 10.4. The van der Waals surface area contributed by atoms with E-state index in [0.29, 0.717) is 11.7 Å². The largest absolute Gasteiger partial charge is 0.511 e. The van der Waals surface area contributed by atoms with Crippen molar-refractivity contribution in [3.63, 3.8) is 0 Å². The van der Waals surface area contributed by atoms with Crippen molar-refractivity contribution in [3.8, 4) is 5.75 Å². The highest BCUT2D eigenvalue weighted by molar-refractivity contribution is 5.62. The molecule has 76 valence electrons. The van der Waals surface area contributed by atoms with Gasteiger partial charge in [0.05, 0.1) is 0 Å². The molecule has 0 atom stereocenters. The van der Waals surface area contributed by atoms with Crippen molar-refractivity contribution < 1.29 is 14.6 Å². The van der Waals surface area contributed by atoms with E-state index >= 15 is 0 Å². The third kappa shape index (κ3) is 3.09. The van der Waals surface area contributed by atoms with Gasteiger partial charge in [-0.05, 0) is 24.0 Å². The van der Waals surface area contributed by atoms with Crippen LogP contribution in [0.3, 0.4) is 0 Å². The molecule has 0 bridgehead atoms. The van der Waals surface area contributed by atoms with Crippen molar-refractivity contribution in [2.75, 3.05) is 0 Å². The Hall–Kier alpha value is -1.51. The summed E-state index contributed by atoms with van der Waals surface area (Å²) in [6.45, 7) is 4.16. The van der Waals surface area contributed by atoms with E-state index in [0.717, 1.165) is 12.0 Å². The predicted molar refractivity (Wildman–Crippen MR) is 53.6 cm³/mol. The zero-order valence-corrected chi connectivity index (χ0v) is 8.36. The van der Waals surface area contributed by atoms with Crippen LogP contribution in [0.15, 0.2) is 24.3 Å². The van der Waals surface area contributed by atoms with Gasteiger partial charge in [-0.2, -0.15) is 0 Å². The van der Waals surface area contributed by atoms with Crippen molar-refractivity contribution in [1.82, 2.24) is 0 Å². The molecule has 0 saturated heterocycles.